The minimum atomic E-state index is -0.875. The van der Waals surface area contributed by atoms with E-state index in [0.29, 0.717) is 18.0 Å². The second-order valence-electron chi connectivity index (χ2n) is 8.42. The molecule has 0 aliphatic carbocycles. The number of ether oxygens (including phenoxy) is 1. The molecule has 2 heterocycles. The molecule has 0 aromatic heterocycles. The van der Waals surface area contributed by atoms with E-state index in [-0.39, 0.29) is 11.8 Å². The fourth-order valence-corrected chi connectivity index (χ4v) is 4.48. The average Bonchev–Trinajstić information content (AvgIpc) is 3.35. The molecular weight excluding hydrogens is 416 g/mol. The van der Waals surface area contributed by atoms with Crippen LogP contribution < -0.4 is 14.7 Å². The first kappa shape index (κ1) is 21.2. The molecule has 0 N–H and O–H groups in total. The molecule has 6 nitrogen and oxygen atoms in total. The van der Waals surface area contributed by atoms with Crippen molar-refractivity contribution in [2.45, 2.75) is 32.4 Å². The normalized spacial score (nSPS) is 22.1. The minimum Gasteiger partial charge on any atom is -0.494 e. The number of fused-ring (bicyclic) bond motifs is 1. The Balaban J connectivity index is 1.49. The van der Waals surface area contributed by atoms with E-state index in [1.54, 1.807) is 29.3 Å². The predicted octanol–water partition coefficient (Wildman–Crippen LogP) is 4.83. The van der Waals surface area contributed by atoms with Gasteiger partial charge in [0.2, 0.25) is 5.91 Å². The van der Waals surface area contributed by atoms with E-state index < -0.39 is 18.1 Å². The highest BCUT2D eigenvalue weighted by atomic mass is 16.7. The van der Waals surface area contributed by atoms with Gasteiger partial charge in [-0.2, -0.15) is 0 Å². The number of benzene rings is 3. The maximum Gasteiger partial charge on any atom is 0.266 e. The van der Waals surface area contributed by atoms with E-state index in [1.165, 1.54) is 4.90 Å². The molecule has 2 saturated heterocycles. The number of carbonyl (C=O) groups is 2. The molecule has 5 rings (SSSR count). The zero-order valence-corrected chi connectivity index (χ0v) is 18.7. The van der Waals surface area contributed by atoms with Gasteiger partial charge in [-0.1, -0.05) is 55.0 Å². The predicted molar refractivity (Wildman–Crippen MR) is 126 cm³/mol. The Bertz CT molecular complexity index is 1150. The van der Waals surface area contributed by atoms with Crippen molar-refractivity contribution < 1.29 is 19.2 Å². The van der Waals surface area contributed by atoms with Gasteiger partial charge in [0.05, 0.1) is 24.0 Å². The molecule has 0 saturated carbocycles. The van der Waals surface area contributed by atoms with Crippen LogP contribution in [0.1, 0.15) is 30.5 Å². The number of amides is 2. The van der Waals surface area contributed by atoms with Crippen molar-refractivity contribution in [2.75, 3.05) is 16.6 Å². The van der Waals surface area contributed by atoms with Crippen molar-refractivity contribution in [2.24, 2.45) is 5.92 Å². The highest BCUT2D eigenvalue weighted by Crippen LogP contribution is 2.47. The monoisotopic (exact) mass is 442 g/mol. The molecule has 3 atom stereocenters. The highest BCUT2D eigenvalue weighted by molar-refractivity contribution is 6.23. The Labute approximate surface area is 193 Å². The molecule has 0 bridgehead atoms. The van der Waals surface area contributed by atoms with Crippen LogP contribution in [0.3, 0.4) is 0 Å². The summed E-state index contributed by atoms with van der Waals surface area (Å²) in [7, 11) is 0. The lowest BCUT2D eigenvalue weighted by Gasteiger charge is -2.28. The first-order valence-electron chi connectivity index (χ1n) is 11.3. The van der Waals surface area contributed by atoms with Gasteiger partial charge in [-0.25, -0.2) is 9.96 Å². The summed E-state index contributed by atoms with van der Waals surface area (Å²) in [6, 6.07) is 24.3. The third kappa shape index (κ3) is 3.76. The zero-order valence-electron chi connectivity index (χ0n) is 18.7. The second kappa shape index (κ2) is 8.71. The van der Waals surface area contributed by atoms with Crippen molar-refractivity contribution in [3.8, 4) is 5.75 Å². The summed E-state index contributed by atoms with van der Waals surface area (Å²) in [6.07, 6.45) is 0.0316. The van der Waals surface area contributed by atoms with Crippen LogP contribution >= 0.6 is 0 Å². The Morgan fingerprint density at radius 1 is 0.848 bits per heavy atom. The van der Waals surface area contributed by atoms with Crippen LogP contribution in [0.2, 0.25) is 0 Å². The van der Waals surface area contributed by atoms with E-state index in [2.05, 4.69) is 0 Å². The SMILES string of the molecule is CCCOc1ccc(N2C(=O)[C@H]3[C@@H](c4ccc(C)cc4)N(c4ccccc4)O[C@H]3C2=O)cc1. The van der Waals surface area contributed by atoms with Crippen LogP contribution in [0.25, 0.3) is 0 Å². The maximum atomic E-state index is 13.6. The fourth-order valence-electron chi connectivity index (χ4n) is 4.48. The van der Waals surface area contributed by atoms with Crippen molar-refractivity contribution in [3.63, 3.8) is 0 Å². The maximum absolute atomic E-state index is 13.6. The van der Waals surface area contributed by atoms with E-state index in [4.69, 9.17) is 9.57 Å². The quantitative estimate of drug-likeness (QED) is 0.512. The lowest BCUT2D eigenvalue weighted by molar-refractivity contribution is -0.126. The molecule has 3 aromatic carbocycles. The molecule has 168 valence electrons. The number of hydroxylamine groups is 1. The van der Waals surface area contributed by atoms with Crippen LogP contribution in [-0.4, -0.2) is 24.5 Å². The Morgan fingerprint density at radius 2 is 1.55 bits per heavy atom. The van der Waals surface area contributed by atoms with Crippen molar-refractivity contribution in [1.29, 1.82) is 0 Å². The fraction of sp³-hybridized carbons (Fsp3) is 0.259. The number of hydrogen-bond acceptors (Lipinski definition) is 5. The molecule has 6 heteroatoms. The number of imide groups is 1. The molecule has 3 aromatic rings. The number of anilines is 2. The first-order valence-corrected chi connectivity index (χ1v) is 11.3. The Hall–Kier alpha value is -3.64. The van der Waals surface area contributed by atoms with Crippen molar-refractivity contribution in [3.05, 3.63) is 90.0 Å². The second-order valence-corrected chi connectivity index (χ2v) is 8.42. The number of para-hydroxylation sites is 1. The Morgan fingerprint density at radius 3 is 2.21 bits per heavy atom. The topological polar surface area (TPSA) is 59.1 Å². The smallest absolute Gasteiger partial charge is 0.266 e. The van der Waals surface area contributed by atoms with Gasteiger partial charge < -0.3 is 4.74 Å². The third-order valence-electron chi connectivity index (χ3n) is 6.11. The molecular formula is C27H26N2O4. The summed E-state index contributed by atoms with van der Waals surface area (Å²) in [4.78, 5) is 34.5. The first-order chi connectivity index (χ1) is 16.1. The van der Waals surface area contributed by atoms with E-state index >= 15 is 0 Å². The number of nitrogens with zero attached hydrogens (tertiary/aromatic N) is 2. The van der Waals surface area contributed by atoms with Crippen LogP contribution in [0.4, 0.5) is 11.4 Å². The van der Waals surface area contributed by atoms with Gasteiger partial charge in [-0.15, -0.1) is 0 Å². The molecule has 2 fully saturated rings. The van der Waals surface area contributed by atoms with Gasteiger partial charge in [0.25, 0.3) is 5.91 Å². The summed E-state index contributed by atoms with van der Waals surface area (Å²) >= 11 is 0. The van der Waals surface area contributed by atoms with Crippen LogP contribution in [-0.2, 0) is 14.4 Å². The summed E-state index contributed by atoms with van der Waals surface area (Å²) in [5, 5.41) is 1.72. The van der Waals surface area contributed by atoms with Crippen molar-refractivity contribution in [1.82, 2.24) is 0 Å². The van der Waals surface area contributed by atoms with Gasteiger partial charge in [0.15, 0.2) is 6.10 Å². The summed E-state index contributed by atoms with van der Waals surface area (Å²) in [5.41, 5.74) is 3.40. The van der Waals surface area contributed by atoms with E-state index in [0.717, 1.165) is 23.2 Å². The summed E-state index contributed by atoms with van der Waals surface area (Å²) < 4.78 is 5.63. The van der Waals surface area contributed by atoms with Gasteiger partial charge >= 0.3 is 0 Å². The summed E-state index contributed by atoms with van der Waals surface area (Å²) in [5.74, 6) is -0.528. The average molecular weight is 443 g/mol. The number of rotatable bonds is 6. The number of carbonyl (C=O) groups excluding carboxylic acids is 2. The zero-order chi connectivity index (χ0) is 22.9. The van der Waals surface area contributed by atoms with Crippen LogP contribution in [0.15, 0.2) is 78.9 Å². The van der Waals surface area contributed by atoms with Gasteiger partial charge in [-0.3, -0.25) is 14.4 Å². The van der Waals surface area contributed by atoms with Crippen LogP contribution in [0.5, 0.6) is 5.75 Å². The number of hydrogen-bond donors (Lipinski definition) is 0. The minimum absolute atomic E-state index is 0.253. The van der Waals surface area contributed by atoms with Gasteiger partial charge in [-0.05, 0) is 55.3 Å². The van der Waals surface area contributed by atoms with Gasteiger partial charge in [0.1, 0.15) is 11.7 Å². The van der Waals surface area contributed by atoms with E-state index in [1.807, 2.05) is 68.4 Å². The van der Waals surface area contributed by atoms with Crippen LogP contribution in [0, 0.1) is 12.8 Å². The van der Waals surface area contributed by atoms with Gasteiger partial charge in [0, 0.05) is 0 Å². The third-order valence-corrected chi connectivity index (χ3v) is 6.11. The highest BCUT2D eigenvalue weighted by Gasteiger charge is 2.60. The lowest BCUT2D eigenvalue weighted by atomic mass is 9.90. The molecule has 0 radical (unpaired) electrons. The molecule has 2 aliphatic rings. The molecule has 2 aliphatic heterocycles. The molecule has 33 heavy (non-hydrogen) atoms. The molecule has 0 unspecified atom stereocenters. The van der Waals surface area contributed by atoms with Crippen molar-refractivity contribution >= 4 is 23.2 Å². The largest absolute Gasteiger partial charge is 0.494 e. The van der Waals surface area contributed by atoms with E-state index in [9.17, 15) is 9.59 Å². The molecule has 0 spiro atoms. The lowest BCUT2D eigenvalue weighted by Crippen LogP contribution is -2.37. The Kier molecular flexibility index (Phi) is 5.60. The standard InChI is InChI=1S/C27H26N2O4/c1-3-17-32-22-15-13-20(14-16-22)28-26(30)23-24(19-11-9-18(2)10-12-19)29(33-25(23)27(28)31)21-7-5-4-6-8-21/h4-16,23-25H,3,17H2,1-2H3/t23-,24+,25+/m0/s1. The molecule has 2 amide bonds. The summed E-state index contributed by atoms with van der Waals surface area (Å²) in [6.45, 7) is 4.68. The number of aryl methyl sites for hydroxylation is 1.